The summed E-state index contributed by atoms with van der Waals surface area (Å²) in [4.78, 5) is 20.7. The lowest BCUT2D eigenvalue weighted by Crippen LogP contribution is -2.23. The monoisotopic (exact) mass is 305 g/mol. The van der Waals surface area contributed by atoms with Gasteiger partial charge in [0.05, 0.1) is 17.9 Å². The van der Waals surface area contributed by atoms with Gasteiger partial charge in [-0.05, 0) is 31.7 Å². The second-order valence-corrected chi connectivity index (χ2v) is 5.69. The van der Waals surface area contributed by atoms with E-state index in [0.29, 0.717) is 11.6 Å². The Morgan fingerprint density at radius 2 is 2.24 bits per heavy atom. The van der Waals surface area contributed by atoms with E-state index in [0.717, 1.165) is 24.4 Å². The highest BCUT2D eigenvalue weighted by atomic mass is 35.5. The van der Waals surface area contributed by atoms with E-state index in [2.05, 4.69) is 20.4 Å². The summed E-state index contributed by atoms with van der Waals surface area (Å²) in [5.41, 5.74) is 1.13. The minimum Gasteiger partial charge on any atom is -0.372 e. The smallest absolute Gasteiger partial charge is 0.287 e. The van der Waals surface area contributed by atoms with E-state index in [1.165, 1.54) is 4.68 Å². The first-order valence-corrected chi connectivity index (χ1v) is 7.22. The number of aromatic nitrogens is 4. The van der Waals surface area contributed by atoms with Gasteiger partial charge in [-0.1, -0.05) is 11.6 Å². The molecule has 0 aliphatic heterocycles. The number of halogens is 1. The number of nitrogens with one attached hydrogen (secondary N) is 1. The minimum absolute atomic E-state index is 0.0451. The van der Waals surface area contributed by atoms with Crippen LogP contribution in [0.4, 0.5) is 5.69 Å². The van der Waals surface area contributed by atoms with Crippen molar-refractivity contribution in [3.05, 3.63) is 45.4 Å². The van der Waals surface area contributed by atoms with Crippen molar-refractivity contribution in [1.82, 2.24) is 19.7 Å². The van der Waals surface area contributed by atoms with Gasteiger partial charge >= 0.3 is 0 Å². The predicted octanol–water partition coefficient (Wildman–Crippen LogP) is 2.10. The van der Waals surface area contributed by atoms with Gasteiger partial charge in [-0.2, -0.15) is 5.10 Å². The molecule has 1 N–H and O–H groups in total. The van der Waals surface area contributed by atoms with E-state index in [1.54, 1.807) is 19.4 Å². The molecular formula is C14H16ClN5O. The Morgan fingerprint density at radius 3 is 2.90 bits per heavy atom. The molecule has 6 nitrogen and oxygen atoms in total. The highest BCUT2D eigenvalue weighted by Crippen LogP contribution is 2.42. The van der Waals surface area contributed by atoms with Crippen LogP contribution in [0.25, 0.3) is 0 Å². The fourth-order valence-electron chi connectivity index (χ4n) is 2.22. The van der Waals surface area contributed by atoms with Crippen molar-refractivity contribution < 1.29 is 0 Å². The number of rotatable bonds is 4. The molecule has 1 aliphatic carbocycles. The van der Waals surface area contributed by atoms with Crippen LogP contribution in [-0.2, 0) is 7.05 Å². The summed E-state index contributed by atoms with van der Waals surface area (Å²) < 4.78 is 1.21. The minimum atomic E-state index is -0.318. The molecule has 3 rings (SSSR count). The lowest BCUT2D eigenvalue weighted by Gasteiger charge is -2.19. The maximum Gasteiger partial charge on any atom is 0.287 e. The van der Waals surface area contributed by atoms with Gasteiger partial charge in [0.15, 0.2) is 5.82 Å². The third-order valence-corrected chi connectivity index (χ3v) is 3.94. The van der Waals surface area contributed by atoms with Crippen LogP contribution in [0, 0.1) is 12.8 Å². The number of nitrogens with zero attached hydrogens (tertiary/aromatic N) is 4. The molecule has 0 amide bonds. The molecule has 2 aromatic heterocycles. The lowest BCUT2D eigenvalue weighted by atomic mass is 10.1. The van der Waals surface area contributed by atoms with E-state index in [4.69, 9.17) is 11.6 Å². The summed E-state index contributed by atoms with van der Waals surface area (Å²) in [6.07, 6.45) is 5.54. The molecule has 1 aliphatic rings. The largest absolute Gasteiger partial charge is 0.372 e. The third-order valence-electron chi connectivity index (χ3n) is 3.57. The van der Waals surface area contributed by atoms with E-state index >= 15 is 0 Å². The summed E-state index contributed by atoms with van der Waals surface area (Å²) >= 11 is 6.11. The maximum absolute atomic E-state index is 11.8. The standard InChI is InChI=1S/C14H16ClN5O/c1-8-5-6-16-13(18-8)12(9-3-4-9)19-10-7-17-20(2)14(21)11(10)15/h5-7,9,12,19H,3-4H2,1-2H3. The van der Waals surface area contributed by atoms with Gasteiger partial charge in [-0.3, -0.25) is 4.79 Å². The summed E-state index contributed by atoms with van der Waals surface area (Å²) in [7, 11) is 1.57. The Balaban J connectivity index is 1.93. The van der Waals surface area contributed by atoms with Gasteiger partial charge in [-0.25, -0.2) is 14.6 Å². The zero-order valence-electron chi connectivity index (χ0n) is 11.9. The molecule has 2 aromatic rings. The Morgan fingerprint density at radius 1 is 1.48 bits per heavy atom. The maximum atomic E-state index is 11.8. The molecule has 0 saturated heterocycles. The van der Waals surface area contributed by atoms with Gasteiger partial charge in [-0.15, -0.1) is 0 Å². The van der Waals surface area contributed by atoms with Gasteiger partial charge in [0.2, 0.25) is 0 Å². The Kier molecular flexibility index (Phi) is 3.63. The van der Waals surface area contributed by atoms with Crippen molar-refractivity contribution >= 4 is 17.3 Å². The molecule has 1 atom stereocenters. The zero-order valence-corrected chi connectivity index (χ0v) is 12.6. The molecule has 21 heavy (non-hydrogen) atoms. The van der Waals surface area contributed by atoms with E-state index in [1.807, 2.05) is 13.0 Å². The summed E-state index contributed by atoms with van der Waals surface area (Å²) in [5.74, 6) is 1.20. The average Bonchev–Trinajstić information content (AvgIpc) is 3.29. The molecule has 1 unspecified atom stereocenters. The van der Waals surface area contributed by atoms with Gasteiger partial charge < -0.3 is 5.32 Å². The fraction of sp³-hybridized carbons (Fsp3) is 0.429. The van der Waals surface area contributed by atoms with Gasteiger partial charge in [0.1, 0.15) is 5.02 Å². The highest BCUT2D eigenvalue weighted by Gasteiger charge is 2.34. The third kappa shape index (κ3) is 2.90. The van der Waals surface area contributed by atoms with Crippen LogP contribution in [0.3, 0.4) is 0 Å². The van der Waals surface area contributed by atoms with Crippen molar-refractivity contribution in [2.45, 2.75) is 25.8 Å². The second-order valence-electron chi connectivity index (χ2n) is 5.32. The van der Waals surface area contributed by atoms with Crippen molar-refractivity contribution in [2.75, 3.05) is 5.32 Å². The molecule has 1 saturated carbocycles. The van der Waals surface area contributed by atoms with Crippen molar-refractivity contribution in [3.63, 3.8) is 0 Å². The summed E-state index contributed by atoms with van der Waals surface area (Å²) in [6.45, 7) is 1.93. The normalized spacial score (nSPS) is 15.8. The first kappa shape index (κ1) is 14.0. The van der Waals surface area contributed by atoms with Crippen LogP contribution >= 0.6 is 11.6 Å². The zero-order chi connectivity index (χ0) is 15.0. The summed E-state index contributed by atoms with van der Waals surface area (Å²) in [5, 5.41) is 7.43. The summed E-state index contributed by atoms with van der Waals surface area (Å²) in [6, 6.07) is 1.82. The van der Waals surface area contributed by atoms with Crippen LogP contribution in [0.15, 0.2) is 23.3 Å². The van der Waals surface area contributed by atoms with Crippen molar-refractivity contribution in [3.8, 4) is 0 Å². The Hall–Kier alpha value is -1.95. The molecule has 2 heterocycles. The lowest BCUT2D eigenvalue weighted by molar-refractivity contribution is 0.628. The van der Waals surface area contributed by atoms with Crippen LogP contribution in [0.2, 0.25) is 5.02 Å². The Labute approximate surface area is 127 Å². The fourth-order valence-corrected chi connectivity index (χ4v) is 2.45. The molecule has 110 valence electrons. The van der Waals surface area contributed by atoms with Crippen molar-refractivity contribution in [2.24, 2.45) is 13.0 Å². The van der Waals surface area contributed by atoms with Crippen LogP contribution in [0.1, 0.15) is 30.4 Å². The highest BCUT2D eigenvalue weighted by molar-refractivity contribution is 6.32. The number of hydrogen-bond acceptors (Lipinski definition) is 5. The Bertz CT molecular complexity index is 726. The molecular weight excluding hydrogens is 290 g/mol. The van der Waals surface area contributed by atoms with E-state index in [9.17, 15) is 4.79 Å². The molecule has 0 aromatic carbocycles. The quantitative estimate of drug-likeness (QED) is 0.936. The molecule has 7 heteroatoms. The first-order chi connectivity index (χ1) is 10.1. The molecule has 0 bridgehead atoms. The van der Waals surface area contributed by atoms with E-state index < -0.39 is 0 Å². The van der Waals surface area contributed by atoms with Crippen LogP contribution in [0.5, 0.6) is 0 Å². The molecule has 0 radical (unpaired) electrons. The average molecular weight is 306 g/mol. The topological polar surface area (TPSA) is 72.7 Å². The van der Waals surface area contributed by atoms with Gasteiger partial charge in [0, 0.05) is 18.9 Å². The van der Waals surface area contributed by atoms with Crippen LogP contribution in [-0.4, -0.2) is 19.7 Å². The molecule has 1 fully saturated rings. The number of hydrogen-bond donors (Lipinski definition) is 1. The number of aryl methyl sites for hydroxylation is 2. The predicted molar refractivity (Wildman–Crippen MR) is 80.3 cm³/mol. The van der Waals surface area contributed by atoms with Crippen molar-refractivity contribution in [1.29, 1.82) is 0 Å². The van der Waals surface area contributed by atoms with Crippen LogP contribution < -0.4 is 10.9 Å². The second kappa shape index (κ2) is 5.44. The van der Waals surface area contributed by atoms with E-state index in [-0.39, 0.29) is 16.6 Å². The SMILES string of the molecule is Cc1ccnc(C(Nc2cnn(C)c(=O)c2Cl)C2CC2)n1. The first-order valence-electron chi connectivity index (χ1n) is 6.84. The molecule has 0 spiro atoms. The van der Waals surface area contributed by atoms with Gasteiger partial charge in [0.25, 0.3) is 5.56 Å². The number of anilines is 1.